The van der Waals surface area contributed by atoms with E-state index in [9.17, 15) is 0 Å². The second-order valence-electron chi connectivity index (χ2n) is 5.91. The smallest absolute Gasteiger partial charge is 0.157 e. The van der Waals surface area contributed by atoms with Crippen LogP contribution in [0.4, 0.5) is 5.82 Å². The largest absolute Gasteiger partial charge is 0.370 e. The summed E-state index contributed by atoms with van der Waals surface area (Å²) in [6.45, 7) is 5.58. The van der Waals surface area contributed by atoms with Crippen LogP contribution in [-0.2, 0) is 0 Å². The third-order valence-corrected chi connectivity index (χ3v) is 4.22. The van der Waals surface area contributed by atoms with Crippen molar-refractivity contribution in [3.8, 4) is 0 Å². The van der Waals surface area contributed by atoms with Gasteiger partial charge in [-0.05, 0) is 69.9 Å². The summed E-state index contributed by atoms with van der Waals surface area (Å²) in [4.78, 5) is 6.67. The Kier molecular flexibility index (Phi) is 3.87. The predicted octanol–water partition coefficient (Wildman–Crippen LogP) is 2.18. The molecule has 1 saturated heterocycles. The van der Waals surface area contributed by atoms with Crippen molar-refractivity contribution in [2.45, 2.75) is 26.2 Å². The Morgan fingerprint density at radius 1 is 1.30 bits per heavy atom. The van der Waals surface area contributed by atoms with Gasteiger partial charge in [-0.2, -0.15) is 9.61 Å². The first-order valence-corrected chi connectivity index (χ1v) is 7.45. The van der Waals surface area contributed by atoms with Gasteiger partial charge in [0, 0.05) is 6.54 Å². The van der Waals surface area contributed by atoms with Gasteiger partial charge in [0.2, 0.25) is 0 Å². The monoisotopic (exact) mass is 273 g/mol. The van der Waals surface area contributed by atoms with Gasteiger partial charge in [-0.3, -0.25) is 0 Å². The zero-order valence-corrected chi connectivity index (χ0v) is 12.3. The van der Waals surface area contributed by atoms with Gasteiger partial charge in [0.15, 0.2) is 5.65 Å². The summed E-state index contributed by atoms with van der Waals surface area (Å²) < 4.78 is 1.88. The number of nitrogens with zero attached hydrogens (tertiary/aromatic N) is 4. The molecule has 0 aromatic carbocycles. The summed E-state index contributed by atoms with van der Waals surface area (Å²) in [6, 6.07) is 4.19. The summed E-state index contributed by atoms with van der Waals surface area (Å²) in [5.41, 5.74) is 2.12. The van der Waals surface area contributed by atoms with Crippen LogP contribution >= 0.6 is 0 Å². The predicted molar refractivity (Wildman–Crippen MR) is 81.1 cm³/mol. The van der Waals surface area contributed by atoms with Gasteiger partial charge in [-0.25, -0.2) is 4.98 Å². The number of nitrogens with one attached hydrogen (secondary N) is 1. The Hall–Kier alpha value is -1.62. The van der Waals surface area contributed by atoms with Crippen molar-refractivity contribution in [2.75, 3.05) is 32.0 Å². The molecule has 3 heterocycles. The molecule has 0 saturated carbocycles. The molecule has 3 rings (SSSR count). The fourth-order valence-corrected chi connectivity index (χ4v) is 2.94. The lowest BCUT2D eigenvalue weighted by Gasteiger charge is -2.29. The van der Waals surface area contributed by atoms with E-state index in [1.54, 1.807) is 6.33 Å². The van der Waals surface area contributed by atoms with Crippen molar-refractivity contribution in [3.05, 3.63) is 24.0 Å². The summed E-state index contributed by atoms with van der Waals surface area (Å²) >= 11 is 0. The first-order chi connectivity index (χ1) is 9.72. The lowest BCUT2D eigenvalue weighted by atomic mass is 9.94. The van der Waals surface area contributed by atoms with E-state index < -0.39 is 0 Å². The quantitative estimate of drug-likeness (QED) is 0.927. The first kappa shape index (κ1) is 13.4. The fraction of sp³-hybridized carbons (Fsp3) is 0.600. The maximum absolute atomic E-state index is 4.27. The lowest BCUT2D eigenvalue weighted by Crippen LogP contribution is -2.30. The molecule has 0 atom stereocenters. The molecule has 1 aliphatic heterocycles. The number of aryl methyl sites for hydroxylation is 1. The molecule has 20 heavy (non-hydrogen) atoms. The molecule has 0 amide bonds. The van der Waals surface area contributed by atoms with Crippen molar-refractivity contribution >= 4 is 11.5 Å². The molecule has 0 aliphatic carbocycles. The summed E-state index contributed by atoms with van der Waals surface area (Å²) in [5.74, 6) is 1.90. The average Bonchev–Trinajstić information content (AvgIpc) is 2.89. The number of piperidine rings is 1. The molecule has 0 bridgehead atoms. The molecule has 0 spiro atoms. The van der Waals surface area contributed by atoms with E-state index in [2.05, 4.69) is 46.4 Å². The van der Waals surface area contributed by atoms with Crippen LogP contribution in [0.1, 0.15) is 24.8 Å². The molecule has 2 aromatic rings. The molecule has 0 unspecified atom stereocenters. The van der Waals surface area contributed by atoms with Crippen LogP contribution in [0, 0.1) is 12.8 Å². The standard InChI is InChI=1S/C15H23N5/c1-12-9-14(20-15(10-12)17-11-18-20)16-6-3-13-4-7-19(2)8-5-13/h9-11,13,16H,3-8H2,1-2H3. The van der Waals surface area contributed by atoms with Gasteiger partial charge in [0.1, 0.15) is 12.1 Å². The highest BCUT2D eigenvalue weighted by Crippen LogP contribution is 2.20. The molecule has 0 radical (unpaired) electrons. The summed E-state index contributed by atoms with van der Waals surface area (Å²) in [7, 11) is 2.21. The van der Waals surface area contributed by atoms with Crippen LogP contribution in [0.2, 0.25) is 0 Å². The SMILES string of the molecule is Cc1cc(NCCC2CCN(C)CC2)n2ncnc2c1. The second kappa shape index (κ2) is 5.79. The van der Waals surface area contributed by atoms with Crippen LogP contribution in [0.5, 0.6) is 0 Å². The second-order valence-corrected chi connectivity index (χ2v) is 5.91. The van der Waals surface area contributed by atoms with E-state index in [-0.39, 0.29) is 0 Å². The number of fused-ring (bicyclic) bond motifs is 1. The maximum Gasteiger partial charge on any atom is 0.157 e. The van der Waals surface area contributed by atoms with Crippen LogP contribution in [-0.4, -0.2) is 46.2 Å². The van der Waals surface area contributed by atoms with Crippen molar-refractivity contribution in [1.82, 2.24) is 19.5 Å². The molecule has 5 nitrogen and oxygen atoms in total. The van der Waals surface area contributed by atoms with Crippen LogP contribution in [0.3, 0.4) is 0 Å². The van der Waals surface area contributed by atoms with Gasteiger partial charge in [-0.15, -0.1) is 0 Å². The number of anilines is 1. The number of aromatic nitrogens is 3. The molecule has 1 N–H and O–H groups in total. The minimum atomic E-state index is 0.856. The highest BCUT2D eigenvalue weighted by Gasteiger charge is 2.16. The van der Waals surface area contributed by atoms with Crippen LogP contribution < -0.4 is 5.32 Å². The van der Waals surface area contributed by atoms with Crippen molar-refractivity contribution in [3.63, 3.8) is 0 Å². The van der Waals surface area contributed by atoms with E-state index in [1.165, 1.54) is 37.9 Å². The van der Waals surface area contributed by atoms with Crippen LogP contribution in [0.15, 0.2) is 18.5 Å². The van der Waals surface area contributed by atoms with Crippen molar-refractivity contribution in [1.29, 1.82) is 0 Å². The minimum absolute atomic E-state index is 0.856. The van der Waals surface area contributed by atoms with Crippen molar-refractivity contribution < 1.29 is 0 Å². The Morgan fingerprint density at radius 3 is 2.90 bits per heavy atom. The van der Waals surface area contributed by atoms with Gasteiger partial charge in [0.25, 0.3) is 0 Å². The number of likely N-dealkylation sites (tertiary alicyclic amines) is 1. The third-order valence-electron chi connectivity index (χ3n) is 4.22. The van der Waals surface area contributed by atoms with Gasteiger partial charge in [0.05, 0.1) is 0 Å². The Balaban J connectivity index is 1.58. The molecular formula is C15H23N5. The van der Waals surface area contributed by atoms with E-state index in [4.69, 9.17) is 0 Å². The van der Waals surface area contributed by atoms with Gasteiger partial charge >= 0.3 is 0 Å². The fourth-order valence-electron chi connectivity index (χ4n) is 2.94. The minimum Gasteiger partial charge on any atom is -0.370 e. The van der Waals surface area contributed by atoms with Gasteiger partial charge in [-0.1, -0.05) is 0 Å². The molecule has 1 aliphatic rings. The normalized spacial score (nSPS) is 17.7. The topological polar surface area (TPSA) is 45.5 Å². The maximum atomic E-state index is 4.27. The Bertz CT molecular complexity index is 569. The van der Waals surface area contributed by atoms with Gasteiger partial charge < -0.3 is 10.2 Å². The van der Waals surface area contributed by atoms with E-state index >= 15 is 0 Å². The molecule has 1 fully saturated rings. The Labute approximate surface area is 120 Å². The third kappa shape index (κ3) is 2.93. The number of pyridine rings is 1. The lowest BCUT2D eigenvalue weighted by molar-refractivity contribution is 0.215. The number of hydrogen-bond donors (Lipinski definition) is 1. The highest BCUT2D eigenvalue weighted by atomic mass is 15.3. The van der Waals surface area contributed by atoms with Crippen molar-refractivity contribution in [2.24, 2.45) is 5.92 Å². The van der Waals surface area contributed by atoms with E-state index in [1.807, 2.05) is 4.52 Å². The van der Waals surface area contributed by atoms with E-state index in [0.29, 0.717) is 0 Å². The highest BCUT2D eigenvalue weighted by molar-refractivity contribution is 5.51. The zero-order valence-electron chi connectivity index (χ0n) is 12.3. The summed E-state index contributed by atoms with van der Waals surface area (Å²) in [5, 5.41) is 7.79. The van der Waals surface area contributed by atoms with E-state index in [0.717, 1.165) is 23.9 Å². The molecule has 2 aromatic heterocycles. The zero-order chi connectivity index (χ0) is 13.9. The summed E-state index contributed by atoms with van der Waals surface area (Å²) in [6.07, 6.45) is 5.49. The Morgan fingerprint density at radius 2 is 2.10 bits per heavy atom. The molecule has 5 heteroatoms. The van der Waals surface area contributed by atoms with Crippen LogP contribution in [0.25, 0.3) is 5.65 Å². The molecule has 108 valence electrons. The number of rotatable bonds is 4. The number of hydrogen-bond acceptors (Lipinski definition) is 4. The average molecular weight is 273 g/mol. The molecular weight excluding hydrogens is 250 g/mol. The first-order valence-electron chi connectivity index (χ1n) is 7.45.